The van der Waals surface area contributed by atoms with Gasteiger partial charge in [0.2, 0.25) is 0 Å². The van der Waals surface area contributed by atoms with Gasteiger partial charge in [-0.15, -0.1) is 11.3 Å². The monoisotopic (exact) mass is 233 g/mol. The van der Waals surface area contributed by atoms with Gasteiger partial charge in [-0.05, 0) is 37.0 Å². The molecule has 2 rings (SSSR count). The molecule has 0 saturated carbocycles. The van der Waals surface area contributed by atoms with E-state index in [-0.39, 0.29) is 0 Å². The average molecular weight is 233 g/mol. The molecule has 0 unspecified atom stereocenters. The Morgan fingerprint density at radius 1 is 1.38 bits per heavy atom. The Bertz CT molecular complexity index is 465. The van der Waals surface area contributed by atoms with Crippen LogP contribution < -0.4 is 5.32 Å². The van der Waals surface area contributed by atoms with Gasteiger partial charge in [0.05, 0.1) is 10.6 Å². The third-order valence-corrected chi connectivity index (χ3v) is 3.44. The topological polar surface area (TPSA) is 37.8 Å². The van der Waals surface area contributed by atoms with Crippen LogP contribution in [0.4, 0.5) is 0 Å². The van der Waals surface area contributed by atoms with Gasteiger partial charge in [0.15, 0.2) is 0 Å². The second-order valence-corrected chi connectivity index (χ2v) is 4.56. The lowest BCUT2D eigenvalue weighted by Crippen LogP contribution is -2.12. The maximum atomic E-state index is 4.57. The predicted molar refractivity (Wildman–Crippen MR) is 67.7 cm³/mol. The molecule has 0 radical (unpaired) electrons. The van der Waals surface area contributed by atoms with Gasteiger partial charge >= 0.3 is 0 Å². The molecular weight excluding hydrogens is 218 g/mol. The van der Waals surface area contributed by atoms with Crippen molar-refractivity contribution in [2.45, 2.75) is 13.3 Å². The number of hydrogen-bond donors (Lipinski definition) is 1. The molecule has 2 aromatic heterocycles. The normalized spacial score (nSPS) is 10.6. The van der Waals surface area contributed by atoms with E-state index in [0.717, 1.165) is 24.5 Å². The van der Waals surface area contributed by atoms with Crippen molar-refractivity contribution in [3.05, 3.63) is 35.1 Å². The minimum atomic E-state index is 0.870. The molecule has 2 heterocycles. The number of likely N-dealkylation sites (N-methyl/N-ethyl adjacent to an activating group) is 1. The van der Waals surface area contributed by atoms with E-state index in [1.807, 2.05) is 19.3 Å². The molecule has 0 amide bonds. The number of thiophene rings is 1. The summed E-state index contributed by atoms with van der Waals surface area (Å²) in [6, 6.07) is 4.09. The van der Waals surface area contributed by atoms with Gasteiger partial charge in [-0.1, -0.05) is 0 Å². The summed E-state index contributed by atoms with van der Waals surface area (Å²) in [4.78, 5) is 10.1. The molecule has 0 atom stereocenters. The molecule has 4 heteroatoms. The molecule has 3 nitrogen and oxygen atoms in total. The van der Waals surface area contributed by atoms with Crippen molar-refractivity contribution in [1.29, 1.82) is 0 Å². The molecule has 0 aliphatic heterocycles. The van der Waals surface area contributed by atoms with Crippen LogP contribution >= 0.6 is 11.3 Å². The molecule has 2 aromatic rings. The molecule has 0 bridgehead atoms. The van der Waals surface area contributed by atoms with Gasteiger partial charge in [-0.2, -0.15) is 0 Å². The molecule has 16 heavy (non-hydrogen) atoms. The lowest BCUT2D eigenvalue weighted by atomic mass is 10.2. The molecule has 0 aromatic carbocycles. The minimum Gasteiger partial charge on any atom is -0.319 e. The molecule has 0 fully saturated rings. The van der Waals surface area contributed by atoms with Crippen LogP contribution in [0, 0.1) is 6.92 Å². The van der Waals surface area contributed by atoms with Gasteiger partial charge in [-0.25, -0.2) is 9.97 Å². The van der Waals surface area contributed by atoms with Gasteiger partial charge in [0.25, 0.3) is 0 Å². The molecule has 1 N–H and O–H groups in total. The van der Waals surface area contributed by atoms with Crippen molar-refractivity contribution in [2.24, 2.45) is 0 Å². The van der Waals surface area contributed by atoms with Crippen LogP contribution in [0.25, 0.3) is 10.6 Å². The van der Waals surface area contributed by atoms with Crippen molar-refractivity contribution >= 4 is 11.3 Å². The molecule has 84 valence electrons. The summed E-state index contributed by atoms with van der Waals surface area (Å²) in [6.07, 6.45) is 2.71. The van der Waals surface area contributed by atoms with Gasteiger partial charge in [0, 0.05) is 19.2 Å². The minimum absolute atomic E-state index is 0.870. The summed E-state index contributed by atoms with van der Waals surface area (Å²) in [5, 5.41) is 5.20. The summed E-state index contributed by atoms with van der Waals surface area (Å²) < 4.78 is 0. The van der Waals surface area contributed by atoms with Crippen molar-refractivity contribution in [2.75, 3.05) is 13.6 Å². The fraction of sp³-hybridized carbons (Fsp3) is 0.333. The lowest BCUT2D eigenvalue weighted by Gasteiger charge is -2.02. The zero-order chi connectivity index (χ0) is 11.4. The molecule has 0 aliphatic rings. The highest BCUT2D eigenvalue weighted by molar-refractivity contribution is 7.13. The Balaban J connectivity index is 2.26. The van der Waals surface area contributed by atoms with E-state index in [1.165, 1.54) is 10.4 Å². The highest BCUT2D eigenvalue weighted by Crippen LogP contribution is 2.26. The van der Waals surface area contributed by atoms with E-state index in [0.29, 0.717) is 0 Å². The molecular formula is C12H15N3S. The van der Waals surface area contributed by atoms with Crippen LogP contribution in [-0.2, 0) is 6.42 Å². The summed E-state index contributed by atoms with van der Waals surface area (Å²) in [7, 11) is 1.94. The summed E-state index contributed by atoms with van der Waals surface area (Å²) >= 11 is 1.73. The van der Waals surface area contributed by atoms with E-state index < -0.39 is 0 Å². The smallest absolute Gasteiger partial charge is 0.130 e. The SMILES string of the molecule is CNCCc1nccc(-c2sccc2C)n1. The van der Waals surface area contributed by atoms with Crippen LogP contribution in [0.5, 0.6) is 0 Å². The molecule has 0 saturated heterocycles. The Morgan fingerprint density at radius 2 is 2.25 bits per heavy atom. The number of aryl methyl sites for hydroxylation is 1. The van der Waals surface area contributed by atoms with Gasteiger partial charge in [-0.3, -0.25) is 0 Å². The summed E-state index contributed by atoms with van der Waals surface area (Å²) in [6.45, 7) is 3.02. The van der Waals surface area contributed by atoms with Gasteiger partial charge in [0.1, 0.15) is 5.82 Å². The van der Waals surface area contributed by atoms with Crippen molar-refractivity contribution in [3.63, 3.8) is 0 Å². The number of nitrogens with zero attached hydrogens (tertiary/aromatic N) is 2. The molecule has 0 aliphatic carbocycles. The first kappa shape index (κ1) is 11.2. The zero-order valence-corrected chi connectivity index (χ0v) is 10.3. The second-order valence-electron chi connectivity index (χ2n) is 3.64. The fourth-order valence-corrected chi connectivity index (χ4v) is 2.41. The predicted octanol–water partition coefficient (Wildman–Crippen LogP) is 2.28. The first-order chi connectivity index (χ1) is 7.81. The van der Waals surface area contributed by atoms with E-state index in [1.54, 1.807) is 11.3 Å². The first-order valence-electron chi connectivity index (χ1n) is 5.32. The molecule has 0 spiro atoms. The first-order valence-corrected chi connectivity index (χ1v) is 6.20. The highest BCUT2D eigenvalue weighted by Gasteiger charge is 2.05. The Kier molecular flexibility index (Phi) is 3.64. The second kappa shape index (κ2) is 5.18. The van der Waals surface area contributed by atoms with Crippen LogP contribution in [-0.4, -0.2) is 23.6 Å². The summed E-state index contributed by atoms with van der Waals surface area (Å²) in [5.41, 5.74) is 2.32. The van der Waals surface area contributed by atoms with Crippen LogP contribution in [0.15, 0.2) is 23.7 Å². The van der Waals surface area contributed by atoms with Gasteiger partial charge < -0.3 is 5.32 Å². The highest BCUT2D eigenvalue weighted by atomic mass is 32.1. The third kappa shape index (κ3) is 2.46. The van der Waals surface area contributed by atoms with E-state index in [2.05, 4.69) is 33.7 Å². The lowest BCUT2D eigenvalue weighted by molar-refractivity contribution is 0.756. The van der Waals surface area contributed by atoms with Crippen LogP contribution in [0.3, 0.4) is 0 Å². The number of nitrogens with one attached hydrogen (secondary N) is 1. The van der Waals surface area contributed by atoms with Crippen molar-refractivity contribution in [1.82, 2.24) is 15.3 Å². The fourth-order valence-electron chi connectivity index (χ4n) is 1.52. The van der Waals surface area contributed by atoms with Crippen molar-refractivity contribution in [3.8, 4) is 10.6 Å². The van der Waals surface area contributed by atoms with E-state index in [9.17, 15) is 0 Å². The zero-order valence-electron chi connectivity index (χ0n) is 9.53. The van der Waals surface area contributed by atoms with E-state index >= 15 is 0 Å². The van der Waals surface area contributed by atoms with Crippen LogP contribution in [0.2, 0.25) is 0 Å². The summed E-state index contributed by atoms with van der Waals surface area (Å²) in [5.74, 6) is 0.902. The van der Waals surface area contributed by atoms with Crippen molar-refractivity contribution < 1.29 is 0 Å². The van der Waals surface area contributed by atoms with Crippen LogP contribution in [0.1, 0.15) is 11.4 Å². The van der Waals surface area contributed by atoms with E-state index in [4.69, 9.17) is 0 Å². The maximum absolute atomic E-state index is 4.57. The number of aromatic nitrogens is 2. The average Bonchev–Trinajstić information content (AvgIpc) is 2.73. The Hall–Kier alpha value is -1.26. The number of hydrogen-bond acceptors (Lipinski definition) is 4. The Labute approximate surface area is 99.6 Å². The Morgan fingerprint density at radius 3 is 2.94 bits per heavy atom. The number of rotatable bonds is 4. The maximum Gasteiger partial charge on any atom is 0.130 e. The largest absolute Gasteiger partial charge is 0.319 e. The quantitative estimate of drug-likeness (QED) is 0.880. The standard InChI is InChI=1S/C12H15N3S/c1-9-5-8-16-12(9)10-3-7-14-11(15-10)4-6-13-2/h3,5,7-8,13H,4,6H2,1-2H3. The third-order valence-electron chi connectivity index (χ3n) is 2.40.